The first kappa shape index (κ1) is 12.8. The Hall–Kier alpha value is -0.610. The standard InChI is InChI=1S/C13H23NO3/c1-14-13(10-7-8-10,12(15)16-2)9-17-11-5-3-4-6-11/h10-11,14H,3-9H2,1-2H3. The summed E-state index contributed by atoms with van der Waals surface area (Å²) >= 11 is 0. The first-order chi connectivity index (χ1) is 8.23. The molecule has 2 aliphatic carbocycles. The van der Waals surface area contributed by atoms with Gasteiger partial charge in [-0.2, -0.15) is 0 Å². The van der Waals surface area contributed by atoms with Gasteiger partial charge in [-0.25, -0.2) is 4.79 Å². The van der Waals surface area contributed by atoms with Crippen LogP contribution in [0, 0.1) is 5.92 Å². The lowest BCUT2D eigenvalue weighted by molar-refractivity contribution is -0.153. The molecule has 17 heavy (non-hydrogen) atoms. The van der Waals surface area contributed by atoms with E-state index < -0.39 is 5.54 Å². The summed E-state index contributed by atoms with van der Waals surface area (Å²) in [4.78, 5) is 12.0. The van der Waals surface area contributed by atoms with Crippen LogP contribution in [0.5, 0.6) is 0 Å². The van der Waals surface area contributed by atoms with E-state index in [-0.39, 0.29) is 5.97 Å². The maximum Gasteiger partial charge on any atom is 0.328 e. The fourth-order valence-electron chi connectivity index (χ4n) is 2.78. The molecular formula is C13H23NO3. The molecule has 0 aliphatic heterocycles. The van der Waals surface area contributed by atoms with Gasteiger partial charge in [0.05, 0.1) is 19.8 Å². The van der Waals surface area contributed by atoms with Crippen LogP contribution in [-0.4, -0.2) is 38.4 Å². The van der Waals surface area contributed by atoms with Crippen molar-refractivity contribution in [2.45, 2.75) is 50.2 Å². The van der Waals surface area contributed by atoms with Crippen LogP contribution in [0.3, 0.4) is 0 Å². The molecule has 0 aromatic heterocycles. The Morgan fingerprint density at radius 3 is 2.41 bits per heavy atom. The molecule has 0 heterocycles. The topological polar surface area (TPSA) is 47.6 Å². The molecule has 2 saturated carbocycles. The predicted octanol–water partition coefficient (Wildman–Crippen LogP) is 1.49. The zero-order valence-electron chi connectivity index (χ0n) is 10.8. The molecule has 0 radical (unpaired) electrons. The van der Waals surface area contributed by atoms with Crippen molar-refractivity contribution in [3.05, 3.63) is 0 Å². The summed E-state index contributed by atoms with van der Waals surface area (Å²) in [7, 11) is 3.28. The van der Waals surface area contributed by atoms with Gasteiger partial charge in [0.2, 0.25) is 0 Å². The number of esters is 1. The van der Waals surface area contributed by atoms with Crippen molar-refractivity contribution in [3.63, 3.8) is 0 Å². The minimum atomic E-state index is -0.614. The molecule has 0 aromatic rings. The minimum absolute atomic E-state index is 0.180. The Labute approximate surface area is 103 Å². The monoisotopic (exact) mass is 241 g/mol. The van der Waals surface area contributed by atoms with E-state index in [1.54, 1.807) is 0 Å². The SMILES string of the molecule is CNC(COC1CCCC1)(C(=O)OC)C1CC1. The van der Waals surface area contributed by atoms with Crippen molar-refractivity contribution in [1.29, 1.82) is 0 Å². The predicted molar refractivity (Wildman–Crippen MR) is 64.7 cm³/mol. The van der Waals surface area contributed by atoms with Crippen molar-refractivity contribution in [3.8, 4) is 0 Å². The number of ether oxygens (including phenoxy) is 2. The van der Waals surface area contributed by atoms with E-state index in [9.17, 15) is 4.79 Å². The molecule has 0 saturated heterocycles. The van der Waals surface area contributed by atoms with Gasteiger partial charge in [0.1, 0.15) is 5.54 Å². The van der Waals surface area contributed by atoms with Crippen LogP contribution in [0.15, 0.2) is 0 Å². The molecule has 0 amide bonds. The van der Waals surface area contributed by atoms with Crippen LogP contribution in [-0.2, 0) is 14.3 Å². The van der Waals surface area contributed by atoms with Gasteiger partial charge in [-0.1, -0.05) is 12.8 Å². The maximum atomic E-state index is 12.0. The Kier molecular flexibility index (Phi) is 4.05. The van der Waals surface area contributed by atoms with Crippen LogP contribution in [0.1, 0.15) is 38.5 Å². The van der Waals surface area contributed by atoms with Crippen molar-refractivity contribution in [1.82, 2.24) is 5.32 Å². The number of rotatable bonds is 6. The molecule has 2 rings (SSSR count). The maximum absolute atomic E-state index is 12.0. The summed E-state index contributed by atoms with van der Waals surface area (Å²) < 4.78 is 10.9. The van der Waals surface area contributed by atoms with Crippen LogP contribution in [0.2, 0.25) is 0 Å². The molecule has 1 N–H and O–H groups in total. The molecule has 4 nitrogen and oxygen atoms in total. The van der Waals surface area contributed by atoms with Gasteiger partial charge in [0, 0.05) is 0 Å². The van der Waals surface area contributed by atoms with Crippen LogP contribution in [0.4, 0.5) is 0 Å². The second-order valence-corrected chi connectivity index (χ2v) is 5.20. The molecule has 0 spiro atoms. The zero-order chi connectivity index (χ0) is 12.3. The van der Waals surface area contributed by atoms with E-state index in [0.29, 0.717) is 18.6 Å². The third-order valence-electron chi connectivity index (χ3n) is 4.12. The lowest BCUT2D eigenvalue weighted by atomic mass is 9.94. The summed E-state index contributed by atoms with van der Waals surface area (Å²) in [5.41, 5.74) is -0.614. The van der Waals surface area contributed by atoms with E-state index >= 15 is 0 Å². The number of carbonyl (C=O) groups is 1. The molecule has 1 unspecified atom stereocenters. The van der Waals surface area contributed by atoms with Crippen molar-refractivity contribution >= 4 is 5.97 Å². The van der Waals surface area contributed by atoms with E-state index in [1.807, 2.05) is 7.05 Å². The van der Waals surface area contributed by atoms with E-state index in [2.05, 4.69) is 5.32 Å². The smallest absolute Gasteiger partial charge is 0.328 e. The third-order valence-corrected chi connectivity index (χ3v) is 4.12. The second kappa shape index (κ2) is 5.36. The van der Waals surface area contributed by atoms with Gasteiger partial charge in [0.25, 0.3) is 0 Å². The third kappa shape index (κ3) is 2.63. The van der Waals surface area contributed by atoms with Gasteiger partial charge in [-0.05, 0) is 38.6 Å². The molecule has 98 valence electrons. The average Bonchev–Trinajstić information content (AvgIpc) is 3.07. The molecule has 0 aromatic carbocycles. The fourth-order valence-corrected chi connectivity index (χ4v) is 2.78. The van der Waals surface area contributed by atoms with Gasteiger partial charge in [-0.15, -0.1) is 0 Å². The van der Waals surface area contributed by atoms with Gasteiger partial charge in [0.15, 0.2) is 0 Å². The van der Waals surface area contributed by atoms with Crippen LogP contribution in [0.25, 0.3) is 0 Å². The molecule has 0 bridgehead atoms. The van der Waals surface area contributed by atoms with Crippen LogP contribution >= 0.6 is 0 Å². The van der Waals surface area contributed by atoms with Gasteiger partial charge in [-0.3, -0.25) is 0 Å². The van der Waals surface area contributed by atoms with E-state index in [1.165, 1.54) is 20.0 Å². The van der Waals surface area contributed by atoms with Gasteiger partial charge >= 0.3 is 5.97 Å². The molecule has 4 heteroatoms. The van der Waals surface area contributed by atoms with Crippen molar-refractivity contribution in [2.75, 3.05) is 20.8 Å². The highest BCUT2D eigenvalue weighted by Gasteiger charge is 2.51. The number of nitrogens with one attached hydrogen (secondary N) is 1. The summed E-state index contributed by atoms with van der Waals surface area (Å²) in [5.74, 6) is 0.196. The normalized spacial score (nSPS) is 24.6. The summed E-state index contributed by atoms with van der Waals surface area (Å²) in [6.07, 6.45) is 7.27. The number of methoxy groups -OCH3 is 1. The van der Waals surface area contributed by atoms with Crippen molar-refractivity contribution in [2.24, 2.45) is 5.92 Å². The van der Waals surface area contributed by atoms with Gasteiger partial charge < -0.3 is 14.8 Å². The largest absolute Gasteiger partial charge is 0.468 e. The Balaban J connectivity index is 1.96. The zero-order valence-corrected chi connectivity index (χ0v) is 10.8. The molecule has 2 aliphatic rings. The van der Waals surface area contributed by atoms with E-state index in [0.717, 1.165) is 25.7 Å². The lowest BCUT2D eigenvalue weighted by Gasteiger charge is -2.31. The molecule has 1 atom stereocenters. The highest BCUT2D eigenvalue weighted by molar-refractivity contribution is 5.82. The number of hydrogen-bond donors (Lipinski definition) is 1. The quantitative estimate of drug-likeness (QED) is 0.716. The minimum Gasteiger partial charge on any atom is -0.468 e. The fraction of sp³-hybridized carbons (Fsp3) is 0.923. The Morgan fingerprint density at radius 1 is 1.29 bits per heavy atom. The Morgan fingerprint density at radius 2 is 1.94 bits per heavy atom. The van der Waals surface area contributed by atoms with E-state index in [4.69, 9.17) is 9.47 Å². The first-order valence-electron chi connectivity index (χ1n) is 6.62. The average molecular weight is 241 g/mol. The molecule has 2 fully saturated rings. The van der Waals surface area contributed by atoms with Crippen LogP contribution < -0.4 is 5.32 Å². The molecular weight excluding hydrogens is 218 g/mol. The summed E-state index contributed by atoms with van der Waals surface area (Å²) in [6.45, 7) is 0.450. The first-order valence-corrected chi connectivity index (χ1v) is 6.62. The Bertz CT molecular complexity index is 272. The van der Waals surface area contributed by atoms with Crippen molar-refractivity contribution < 1.29 is 14.3 Å². The summed E-state index contributed by atoms with van der Waals surface area (Å²) in [6, 6.07) is 0. The summed E-state index contributed by atoms with van der Waals surface area (Å²) in [5, 5.41) is 3.15. The number of carbonyl (C=O) groups excluding carboxylic acids is 1. The number of likely N-dealkylation sites (N-methyl/N-ethyl adjacent to an activating group) is 1. The highest BCUT2D eigenvalue weighted by Crippen LogP contribution is 2.41. The lowest BCUT2D eigenvalue weighted by Crippen LogP contribution is -2.57. The second-order valence-electron chi connectivity index (χ2n) is 5.20. The highest BCUT2D eigenvalue weighted by atomic mass is 16.5. The number of hydrogen-bond acceptors (Lipinski definition) is 4.